The molecular formula is C19H27NS. The van der Waals surface area contributed by atoms with Crippen LogP contribution in [0.25, 0.3) is 0 Å². The van der Waals surface area contributed by atoms with Crippen LogP contribution in [0.5, 0.6) is 0 Å². The SMILES string of the molecule is CSC1(CNC2C3CCC2Cc2ccccc2C3)CCC1. The molecule has 2 fully saturated rings. The molecule has 2 unspecified atom stereocenters. The largest absolute Gasteiger partial charge is 0.312 e. The predicted octanol–water partition coefficient (Wildman–Crippen LogP) is 4.06. The highest BCUT2D eigenvalue weighted by Crippen LogP contribution is 2.44. The maximum absolute atomic E-state index is 4.03. The average molecular weight is 301 g/mol. The second kappa shape index (κ2) is 5.62. The van der Waals surface area contributed by atoms with Crippen molar-refractivity contribution < 1.29 is 0 Å². The summed E-state index contributed by atoms with van der Waals surface area (Å²) < 4.78 is 0.568. The van der Waals surface area contributed by atoms with E-state index in [1.807, 2.05) is 0 Å². The minimum Gasteiger partial charge on any atom is -0.312 e. The number of hydrogen-bond acceptors (Lipinski definition) is 2. The molecule has 3 aliphatic rings. The summed E-state index contributed by atoms with van der Waals surface area (Å²) in [6.45, 7) is 1.24. The Morgan fingerprint density at radius 1 is 1.10 bits per heavy atom. The zero-order valence-corrected chi connectivity index (χ0v) is 13.9. The fourth-order valence-corrected chi connectivity index (χ4v) is 5.74. The highest BCUT2D eigenvalue weighted by Gasteiger charge is 2.41. The average Bonchev–Trinajstić information content (AvgIpc) is 2.73. The van der Waals surface area contributed by atoms with Gasteiger partial charge < -0.3 is 5.32 Å². The standard InChI is InChI=1S/C19H27NS/c1-21-19(9-4-10-19)13-20-18-16-7-8-17(18)12-15-6-3-2-5-14(15)11-16/h2-3,5-6,16-18,20H,4,7-13H2,1H3. The van der Waals surface area contributed by atoms with Crippen LogP contribution >= 0.6 is 11.8 Å². The Morgan fingerprint density at radius 2 is 1.71 bits per heavy atom. The Hall–Kier alpha value is -0.470. The van der Waals surface area contributed by atoms with Gasteiger partial charge in [-0.1, -0.05) is 30.7 Å². The molecule has 0 spiro atoms. The number of rotatable bonds is 4. The number of nitrogens with one attached hydrogen (secondary N) is 1. The molecule has 0 heterocycles. The molecule has 1 nitrogen and oxygen atoms in total. The van der Waals surface area contributed by atoms with E-state index in [0.717, 1.165) is 17.9 Å². The van der Waals surface area contributed by atoms with Gasteiger partial charge in [0.15, 0.2) is 0 Å². The second-order valence-electron chi connectivity index (χ2n) is 7.42. The van der Waals surface area contributed by atoms with E-state index >= 15 is 0 Å². The topological polar surface area (TPSA) is 12.0 Å². The number of benzene rings is 1. The first-order valence-electron chi connectivity index (χ1n) is 8.65. The predicted molar refractivity (Wildman–Crippen MR) is 92.0 cm³/mol. The van der Waals surface area contributed by atoms with E-state index in [1.165, 1.54) is 51.5 Å². The summed E-state index contributed by atoms with van der Waals surface area (Å²) in [5.41, 5.74) is 3.25. The van der Waals surface area contributed by atoms with Gasteiger partial charge in [-0.2, -0.15) is 11.8 Å². The molecule has 1 aromatic carbocycles. The fourth-order valence-electron chi connectivity index (χ4n) is 4.81. The summed E-state index contributed by atoms with van der Waals surface area (Å²) in [5.74, 6) is 1.75. The maximum atomic E-state index is 4.03. The van der Waals surface area contributed by atoms with Crippen LogP contribution in [0.4, 0.5) is 0 Å². The van der Waals surface area contributed by atoms with Crippen molar-refractivity contribution in [2.45, 2.75) is 55.7 Å². The van der Waals surface area contributed by atoms with Crippen molar-refractivity contribution in [2.75, 3.05) is 12.8 Å². The lowest BCUT2D eigenvalue weighted by molar-refractivity contribution is 0.283. The zero-order chi connectivity index (χ0) is 14.3. The van der Waals surface area contributed by atoms with Crippen molar-refractivity contribution >= 4 is 11.8 Å². The van der Waals surface area contributed by atoms with Crippen molar-refractivity contribution in [3.63, 3.8) is 0 Å². The molecule has 0 aromatic heterocycles. The van der Waals surface area contributed by atoms with Crippen LogP contribution in [0.3, 0.4) is 0 Å². The van der Waals surface area contributed by atoms with Gasteiger partial charge in [-0.15, -0.1) is 0 Å². The van der Waals surface area contributed by atoms with Crippen LogP contribution in [0.1, 0.15) is 43.2 Å². The van der Waals surface area contributed by atoms with Gasteiger partial charge in [-0.3, -0.25) is 0 Å². The van der Waals surface area contributed by atoms with Gasteiger partial charge in [0, 0.05) is 17.3 Å². The Bertz CT molecular complexity index is 470. The van der Waals surface area contributed by atoms with Gasteiger partial charge in [-0.25, -0.2) is 0 Å². The fraction of sp³-hybridized carbons (Fsp3) is 0.684. The summed E-state index contributed by atoms with van der Waals surface area (Å²) in [5, 5.41) is 4.03. The normalized spacial score (nSPS) is 33.1. The molecule has 21 heavy (non-hydrogen) atoms. The minimum atomic E-state index is 0.568. The third-order valence-corrected chi connectivity index (χ3v) is 7.78. The summed E-state index contributed by atoms with van der Waals surface area (Å²) in [6.07, 6.45) is 12.1. The molecular weight excluding hydrogens is 274 g/mol. The summed E-state index contributed by atoms with van der Waals surface area (Å²) in [7, 11) is 0. The van der Waals surface area contributed by atoms with Crippen LogP contribution < -0.4 is 5.32 Å². The summed E-state index contributed by atoms with van der Waals surface area (Å²) in [4.78, 5) is 0. The Labute approximate surface area is 133 Å². The zero-order valence-electron chi connectivity index (χ0n) is 13.1. The highest BCUT2D eigenvalue weighted by atomic mass is 32.2. The lowest BCUT2D eigenvalue weighted by atomic mass is 9.83. The van der Waals surface area contributed by atoms with Crippen LogP contribution in [-0.2, 0) is 12.8 Å². The molecule has 0 aliphatic heterocycles. The minimum absolute atomic E-state index is 0.568. The first-order valence-corrected chi connectivity index (χ1v) is 9.87. The number of thioether (sulfide) groups is 1. The van der Waals surface area contributed by atoms with Crippen LogP contribution in [-0.4, -0.2) is 23.6 Å². The first kappa shape index (κ1) is 14.1. The van der Waals surface area contributed by atoms with Gasteiger partial charge in [0.05, 0.1) is 0 Å². The van der Waals surface area contributed by atoms with E-state index in [9.17, 15) is 0 Å². The maximum Gasteiger partial charge on any atom is 0.0281 e. The molecule has 114 valence electrons. The Kier molecular flexibility index (Phi) is 3.79. The first-order chi connectivity index (χ1) is 10.3. The van der Waals surface area contributed by atoms with Gasteiger partial charge in [0.2, 0.25) is 0 Å². The van der Waals surface area contributed by atoms with Crippen molar-refractivity contribution in [1.29, 1.82) is 0 Å². The molecule has 1 N–H and O–H groups in total. The second-order valence-corrected chi connectivity index (χ2v) is 8.70. The molecule has 1 aromatic rings. The third-order valence-electron chi connectivity index (χ3n) is 6.36. The monoisotopic (exact) mass is 301 g/mol. The van der Waals surface area contributed by atoms with Gasteiger partial charge >= 0.3 is 0 Å². The van der Waals surface area contributed by atoms with Gasteiger partial charge in [0.1, 0.15) is 0 Å². The molecule has 0 amide bonds. The smallest absolute Gasteiger partial charge is 0.0281 e. The van der Waals surface area contributed by atoms with E-state index in [1.54, 1.807) is 11.1 Å². The van der Waals surface area contributed by atoms with Crippen molar-refractivity contribution in [1.82, 2.24) is 5.32 Å². The van der Waals surface area contributed by atoms with Crippen LogP contribution in [0.15, 0.2) is 24.3 Å². The van der Waals surface area contributed by atoms with Crippen molar-refractivity contribution in [3.05, 3.63) is 35.4 Å². The van der Waals surface area contributed by atoms with Gasteiger partial charge in [0.25, 0.3) is 0 Å². The number of fused-ring (bicyclic) bond motifs is 3. The molecule has 2 bridgehead atoms. The molecule has 2 saturated carbocycles. The third kappa shape index (κ3) is 2.55. The van der Waals surface area contributed by atoms with E-state index in [-0.39, 0.29) is 0 Å². The molecule has 3 aliphatic carbocycles. The molecule has 0 radical (unpaired) electrons. The number of hydrogen-bond donors (Lipinski definition) is 1. The van der Waals surface area contributed by atoms with E-state index in [0.29, 0.717) is 4.75 Å². The summed E-state index contributed by atoms with van der Waals surface area (Å²) >= 11 is 2.10. The molecule has 0 saturated heterocycles. The van der Waals surface area contributed by atoms with E-state index < -0.39 is 0 Å². The van der Waals surface area contributed by atoms with E-state index in [4.69, 9.17) is 0 Å². The van der Waals surface area contributed by atoms with Crippen LogP contribution in [0.2, 0.25) is 0 Å². The lowest BCUT2D eigenvalue weighted by Gasteiger charge is -2.42. The Balaban J connectivity index is 1.48. The van der Waals surface area contributed by atoms with Crippen molar-refractivity contribution in [3.8, 4) is 0 Å². The Morgan fingerprint density at radius 3 is 2.19 bits per heavy atom. The van der Waals surface area contributed by atoms with Gasteiger partial charge in [-0.05, 0) is 67.7 Å². The van der Waals surface area contributed by atoms with Crippen molar-refractivity contribution in [2.24, 2.45) is 11.8 Å². The quantitative estimate of drug-likeness (QED) is 0.900. The molecule has 4 rings (SSSR count). The lowest BCUT2D eigenvalue weighted by Crippen LogP contribution is -2.49. The summed E-state index contributed by atoms with van der Waals surface area (Å²) in [6, 6.07) is 9.93. The molecule has 2 heteroatoms. The van der Waals surface area contributed by atoms with E-state index in [2.05, 4.69) is 47.6 Å². The molecule has 2 atom stereocenters. The highest BCUT2D eigenvalue weighted by molar-refractivity contribution is 8.00. The van der Waals surface area contributed by atoms with Crippen LogP contribution in [0, 0.1) is 11.8 Å².